The van der Waals surface area contributed by atoms with Crippen LogP contribution in [0.15, 0.2) is 11.6 Å². The molecule has 0 saturated heterocycles. The number of hydrogen-bond donors (Lipinski definition) is 0. The van der Waals surface area contributed by atoms with Gasteiger partial charge in [-0.15, -0.1) is 0 Å². The maximum Gasteiger partial charge on any atom is 0.158 e. The highest BCUT2D eigenvalue weighted by Gasteiger charge is 2.28. The van der Waals surface area contributed by atoms with Gasteiger partial charge in [0.2, 0.25) is 0 Å². The topological polar surface area (TPSA) is 17.1 Å². The first-order valence-electron chi connectivity index (χ1n) is 7.54. The number of hydrogen-bond acceptors (Lipinski definition) is 1. The number of ketones is 1. The number of allylic oxidation sites excluding steroid dienone is 2. The number of carbonyl (C=O) groups excluding carboxylic acids is 1. The first-order valence-corrected chi connectivity index (χ1v) is 7.54. The number of rotatable bonds is 3. The van der Waals surface area contributed by atoms with E-state index in [1.54, 1.807) is 0 Å². The van der Waals surface area contributed by atoms with Gasteiger partial charge in [0.1, 0.15) is 0 Å². The normalized spacial score (nSPS) is 30.1. The Hall–Kier alpha value is -0.590. The lowest BCUT2D eigenvalue weighted by Crippen LogP contribution is -2.26. The Morgan fingerprint density at radius 1 is 1.12 bits per heavy atom. The van der Waals surface area contributed by atoms with E-state index in [0.717, 1.165) is 6.42 Å². The van der Waals surface area contributed by atoms with Crippen molar-refractivity contribution in [2.75, 3.05) is 0 Å². The summed E-state index contributed by atoms with van der Waals surface area (Å²) in [5.41, 5.74) is 1.43. The molecule has 0 N–H and O–H groups in total. The van der Waals surface area contributed by atoms with Crippen molar-refractivity contribution >= 4 is 5.78 Å². The molecule has 2 aliphatic carbocycles. The van der Waals surface area contributed by atoms with Crippen LogP contribution in [0, 0.1) is 11.8 Å². The molecule has 1 nitrogen and oxygen atoms in total. The lowest BCUT2D eigenvalue weighted by Gasteiger charge is -2.29. The maximum atomic E-state index is 12.4. The molecule has 2 aliphatic rings. The summed E-state index contributed by atoms with van der Waals surface area (Å²) < 4.78 is 0. The van der Waals surface area contributed by atoms with Crippen LogP contribution in [0.2, 0.25) is 0 Å². The molecule has 0 radical (unpaired) electrons. The van der Waals surface area contributed by atoms with E-state index in [2.05, 4.69) is 6.92 Å². The average molecular weight is 234 g/mol. The van der Waals surface area contributed by atoms with Crippen LogP contribution in [-0.4, -0.2) is 5.78 Å². The molecule has 0 aromatic carbocycles. The van der Waals surface area contributed by atoms with Gasteiger partial charge in [0.05, 0.1) is 0 Å². The SMILES string of the molecule is CCC1CCCCC1C(=O)C=C1CCCCC1. The molecular formula is C16H26O. The van der Waals surface area contributed by atoms with Crippen molar-refractivity contribution in [3.63, 3.8) is 0 Å². The van der Waals surface area contributed by atoms with Gasteiger partial charge >= 0.3 is 0 Å². The van der Waals surface area contributed by atoms with Gasteiger partial charge in [0.15, 0.2) is 5.78 Å². The molecule has 0 aromatic heterocycles. The summed E-state index contributed by atoms with van der Waals surface area (Å²) in [7, 11) is 0. The molecule has 96 valence electrons. The highest BCUT2D eigenvalue weighted by Crippen LogP contribution is 2.34. The highest BCUT2D eigenvalue weighted by molar-refractivity contribution is 5.92. The second-order valence-corrected chi connectivity index (χ2v) is 5.82. The fraction of sp³-hybridized carbons (Fsp3) is 0.812. The summed E-state index contributed by atoms with van der Waals surface area (Å²) in [6.45, 7) is 2.24. The second-order valence-electron chi connectivity index (χ2n) is 5.82. The number of carbonyl (C=O) groups is 1. The molecule has 0 heterocycles. The molecule has 0 aliphatic heterocycles. The van der Waals surface area contributed by atoms with Crippen molar-refractivity contribution in [3.8, 4) is 0 Å². The van der Waals surface area contributed by atoms with Gasteiger partial charge in [-0.05, 0) is 50.5 Å². The first-order chi connectivity index (χ1) is 8.31. The predicted octanol–water partition coefficient (Wildman–Crippen LogP) is 4.66. The molecule has 2 rings (SSSR count). The van der Waals surface area contributed by atoms with Crippen LogP contribution in [0.5, 0.6) is 0 Å². The Labute approximate surface area is 106 Å². The molecule has 1 heteroatoms. The van der Waals surface area contributed by atoms with Crippen LogP contribution >= 0.6 is 0 Å². The van der Waals surface area contributed by atoms with Crippen LogP contribution in [0.4, 0.5) is 0 Å². The fourth-order valence-electron chi connectivity index (χ4n) is 3.53. The minimum atomic E-state index is 0.350. The molecule has 0 spiro atoms. The molecule has 0 amide bonds. The van der Waals surface area contributed by atoms with Crippen LogP contribution in [-0.2, 0) is 4.79 Å². The van der Waals surface area contributed by atoms with Crippen molar-refractivity contribution < 1.29 is 4.79 Å². The Bertz CT molecular complexity index is 282. The second kappa shape index (κ2) is 6.37. The minimum Gasteiger partial charge on any atom is -0.295 e. The molecule has 2 unspecified atom stereocenters. The Morgan fingerprint density at radius 2 is 1.82 bits per heavy atom. The first kappa shape index (κ1) is 12.9. The zero-order valence-electron chi connectivity index (χ0n) is 11.2. The monoisotopic (exact) mass is 234 g/mol. The van der Waals surface area contributed by atoms with Crippen LogP contribution in [0.1, 0.15) is 71.1 Å². The van der Waals surface area contributed by atoms with E-state index in [-0.39, 0.29) is 0 Å². The Morgan fingerprint density at radius 3 is 2.53 bits per heavy atom. The van der Waals surface area contributed by atoms with Gasteiger partial charge in [-0.2, -0.15) is 0 Å². The summed E-state index contributed by atoms with van der Waals surface area (Å²) in [6.07, 6.45) is 14.5. The van der Waals surface area contributed by atoms with Crippen LogP contribution in [0.25, 0.3) is 0 Å². The molecule has 17 heavy (non-hydrogen) atoms. The third-order valence-corrected chi connectivity index (χ3v) is 4.64. The zero-order valence-corrected chi connectivity index (χ0v) is 11.2. The highest BCUT2D eigenvalue weighted by atomic mass is 16.1. The van der Waals surface area contributed by atoms with E-state index < -0.39 is 0 Å². The van der Waals surface area contributed by atoms with E-state index in [4.69, 9.17) is 0 Å². The van der Waals surface area contributed by atoms with E-state index in [0.29, 0.717) is 17.6 Å². The Kier molecular flexibility index (Phi) is 4.82. The van der Waals surface area contributed by atoms with E-state index in [1.807, 2.05) is 6.08 Å². The molecule has 2 fully saturated rings. The summed E-state index contributed by atoms with van der Waals surface area (Å²) >= 11 is 0. The van der Waals surface area contributed by atoms with Gasteiger partial charge in [-0.3, -0.25) is 4.79 Å². The van der Waals surface area contributed by atoms with Crippen LogP contribution in [0.3, 0.4) is 0 Å². The summed E-state index contributed by atoms with van der Waals surface area (Å²) in [4.78, 5) is 12.4. The smallest absolute Gasteiger partial charge is 0.158 e. The molecule has 0 aromatic rings. The van der Waals surface area contributed by atoms with Crippen molar-refractivity contribution in [1.82, 2.24) is 0 Å². The van der Waals surface area contributed by atoms with Crippen LogP contribution < -0.4 is 0 Å². The van der Waals surface area contributed by atoms with Gasteiger partial charge in [-0.25, -0.2) is 0 Å². The fourth-order valence-corrected chi connectivity index (χ4v) is 3.53. The summed E-state index contributed by atoms with van der Waals surface area (Å²) in [5.74, 6) is 1.47. The summed E-state index contributed by atoms with van der Waals surface area (Å²) in [5, 5.41) is 0. The van der Waals surface area contributed by atoms with Crippen molar-refractivity contribution in [2.24, 2.45) is 11.8 Å². The predicted molar refractivity (Wildman–Crippen MR) is 71.9 cm³/mol. The third kappa shape index (κ3) is 3.43. The summed E-state index contributed by atoms with van der Waals surface area (Å²) in [6, 6.07) is 0. The van der Waals surface area contributed by atoms with Gasteiger partial charge in [0, 0.05) is 5.92 Å². The van der Waals surface area contributed by atoms with E-state index in [1.165, 1.54) is 63.4 Å². The quantitative estimate of drug-likeness (QED) is 0.649. The standard InChI is InChI=1S/C16H26O/c1-2-14-10-6-7-11-15(14)16(17)12-13-8-4-3-5-9-13/h12,14-15H,2-11H2,1H3. The zero-order chi connectivity index (χ0) is 12.1. The molecule has 2 saturated carbocycles. The molecular weight excluding hydrogens is 208 g/mol. The van der Waals surface area contributed by atoms with Gasteiger partial charge in [-0.1, -0.05) is 38.2 Å². The lowest BCUT2D eigenvalue weighted by atomic mass is 9.75. The van der Waals surface area contributed by atoms with E-state index >= 15 is 0 Å². The van der Waals surface area contributed by atoms with E-state index in [9.17, 15) is 4.79 Å². The minimum absolute atomic E-state index is 0.350. The van der Waals surface area contributed by atoms with Crippen molar-refractivity contribution in [3.05, 3.63) is 11.6 Å². The maximum absolute atomic E-state index is 12.4. The van der Waals surface area contributed by atoms with Gasteiger partial charge < -0.3 is 0 Å². The van der Waals surface area contributed by atoms with Crippen molar-refractivity contribution in [1.29, 1.82) is 0 Å². The molecule has 0 bridgehead atoms. The van der Waals surface area contributed by atoms with Gasteiger partial charge in [0.25, 0.3) is 0 Å². The lowest BCUT2D eigenvalue weighted by molar-refractivity contribution is -0.120. The van der Waals surface area contributed by atoms with Crippen molar-refractivity contribution in [2.45, 2.75) is 71.1 Å². The third-order valence-electron chi connectivity index (χ3n) is 4.64. The molecule has 2 atom stereocenters. The largest absolute Gasteiger partial charge is 0.295 e. The Balaban J connectivity index is 1.97. The average Bonchev–Trinajstić information content (AvgIpc) is 2.40.